The number of rotatable bonds is 7. The van der Waals surface area contributed by atoms with E-state index in [1.54, 1.807) is 36.4 Å². The van der Waals surface area contributed by atoms with E-state index >= 15 is 0 Å². The van der Waals surface area contributed by atoms with Crippen LogP contribution in [0.3, 0.4) is 0 Å². The Balaban J connectivity index is 1.31. The number of benzene rings is 2. The summed E-state index contributed by atoms with van der Waals surface area (Å²) in [7, 11) is -2.15. The first-order chi connectivity index (χ1) is 15.4. The molecule has 0 radical (unpaired) electrons. The van der Waals surface area contributed by atoms with Crippen LogP contribution in [-0.2, 0) is 10.0 Å². The second kappa shape index (κ2) is 10.0. The van der Waals surface area contributed by atoms with Crippen molar-refractivity contribution in [3.63, 3.8) is 0 Å². The molecule has 1 amide bonds. The van der Waals surface area contributed by atoms with Crippen molar-refractivity contribution in [3.05, 3.63) is 60.2 Å². The highest BCUT2D eigenvalue weighted by molar-refractivity contribution is 7.92. The number of hydrogen-bond acceptors (Lipinski definition) is 4. The van der Waals surface area contributed by atoms with Crippen LogP contribution in [0, 0.1) is 5.92 Å². The summed E-state index contributed by atoms with van der Waals surface area (Å²) in [6.07, 6.45) is 7.41. The first-order valence-corrected chi connectivity index (χ1v) is 13.0. The van der Waals surface area contributed by atoms with E-state index in [2.05, 4.69) is 10.2 Å². The van der Waals surface area contributed by atoms with E-state index in [1.807, 2.05) is 6.07 Å². The number of carbonyl (C=O) groups is 1. The van der Waals surface area contributed by atoms with Gasteiger partial charge in [0, 0.05) is 38.3 Å². The number of likely N-dealkylation sites (tertiary alicyclic amines) is 1. The number of anilines is 1. The Bertz CT molecular complexity index is 994. The third kappa shape index (κ3) is 5.33. The molecule has 2 aromatic rings. The van der Waals surface area contributed by atoms with E-state index in [-0.39, 0.29) is 16.8 Å². The van der Waals surface area contributed by atoms with Gasteiger partial charge in [0.15, 0.2) is 0 Å². The van der Waals surface area contributed by atoms with E-state index in [0.717, 1.165) is 31.8 Å². The molecule has 1 N–H and O–H groups in total. The molecule has 0 spiro atoms. The number of para-hydroxylation sites is 1. The summed E-state index contributed by atoms with van der Waals surface area (Å²) in [5, 5.41) is 3.13. The lowest BCUT2D eigenvalue weighted by Gasteiger charge is -2.33. The standard InChI is InChI=1S/C25H33N3O3S/c1-27(23-9-3-2-4-10-23)32(30,31)24-13-11-21(12-14-24)25(29)26-22-15-17-28(18-16-22)19-20-7-5-6-8-20/h2-4,9-14,20,22H,5-8,15-19H2,1H3,(H,26,29). The molecule has 1 aliphatic heterocycles. The van der Waals surface area contributed by atoms with Crippen LogP contribution in [0.2, 0.25) is 0 Å². The molecule has 2 aliphatic rings. The van der Waals surface area contributed by atoms with Gasteiger partial charge in [0.25, 0.3) is 15.9 Å². The Hall–Kier alpha value is -2.38. The molecule has 1 saturated heterocycles. The number of amides is 1. The normalized spacial score (nSPS) is 18.5. The van der Waals surface area contributed by atoms with Crippen LogP contribution in [0.1, 0.15) is 48.9 Å². The first-order valence-electron chi connectivity index (χ1n) is 11.6. The molecule has 7 heteroatoms. The fourth-order valence-corrected chi connectivity index (χ4v) is 6.00. The van der Waals surface area contributed by atoms with Crippen molar-refractivity contribution in [2.45, 2.75) is 49.5 Å². The summed E-state index contributed by atoms with van der Waals surface area (Å²) in [5.41, 5.74) is 1.08. The average Bonchev–Trinajstić information content (AvgIpc) is 3.33. The zero-order chi connectivity index (χ0) is 22.6. The first kappa shape index (κ1) is 22.8. The van der Waals surface area contributed by atoms with Crippen molar-refractivity contribution < 1.29 is 13.2 Å². The van der Waals surface area contributed by atoms with Gasteiger partial charge in [-0.1, -0.05) is 31.0 Å². The highest BCUT2D eigenvalue weighted by atomic mass is 32.2. The van der Waals surface area contributed by atoms with E-state index in [1.165, 1.54) is 55.7 Å². The Labute approximate surface area is 191 Å². The van der Waals surface area contributed by atoms with Crippen molar-refractivity contribution in [2.24, 2.45) is 5.92 Å². The van der Waals surface area contributed by atoms with Crippen LogP contribution in [0.4, 0.5) is 5.69 Å². The van der Waals surface area contributed by atoms with Gasteiger partial charge in [0.2, 0.25) is 0 Å². The molecule has 1 aliphatic carbocycles. The fourth-order valence-electron chi connectivity index (χ4n) is 4.80. The Morgan fingerprint density at radius 1 is 0.969 bits per heavy atom. The minimum absolute atomic E-state index is 0.139. The van der Waals surface area contributed by atoms with Gasteiger partial charge in [-0.3, -0.25) is 9.10 Å². The Morgan fingerprint density at radius 2 is 1.59 bits per heavy atom. The van der Waals surface area contributed by atoms with E-state index < -0.39 is 10.0 Å². The molecule has 6 nitrogen and oxygen atoms in total. The number of nitrogens with zero attached hydrogens (tertiary/aromatic N) is 2. The predicted molar refractivity (Wildman–Crippen MR) is 127 cm³/mol. The fraction of sp³-hybridized carbons (Fsp3) is 0.480. The predicted octanol–water partition coefficient (Wildman–Crippen LogP) is 3.90. The summed E-state index contributed by atoms with van der Waals surface area (Å²) in [4.78, 5) is 15.4. The number of sulfonamides is 1. The summed E-state index contributed by atoms with van der Waals surface area (Å²) in [6.45, 7) is 3.27. The van der Waals surface area contributed by atoms with Gasteiger partial charge < -0.3 is 10.2 Å². The zero-order valence-electron chi connectivity index (χ0n) is 18.7. The summed E-state index contributed by atoms with van der Waals surface area (Å²) in [5.74, 6) is 0.719. The average molecular weight is 456 g/mol. The Kier molecular flexibility index (Phi) is 7.16. The molecular formula is C25H33N3O3S. The molecule has 172 valence electrons. The van der Waals surface area contributed by atoms with Crippen molar-refractivity contribution in [2.75, 3.05) is 31.0 Å². The van der Waals surface area contributed by atoms with Crippen LogP contribution < -0.4 is 9.62 Å². The van der Waals surface area contributed by atoms with E-state index in [4.69, 9.17) is 0 Å². The van der Waals surface area contributed by atoms with Crippen LogP contribution in [-0.4, -0.2) is 51.9 Å². The summed E-state index contributed by atoms with van der Waals surface area (Å²) in [6, 6.07) is 15.3. The molecule has 2 aromatic carbocycles. The highest BCUT2D eigenvalue weighted by Gasteiger charge is 2.25. The molecule has 0 atom stereocenters. The quantitative estimate of drug-likeness (QED) is 0.688. The molecule has 1 saturated carbocycles. The maximum Gasteiger partial charge on any atom is 0.264 e. The topological polar surface area (TPSA) is 69.7 Å². The minimum Gasteiger partial charge on any atom is -0.349 e. The van der Waals surface area contributed by atoms with Gasteiger partial charge in [-0.25, -0.2) is 8.42 Å². The third-order valence-corrected chi connectivity index (χ3v) is 8.61. The van der Waals surface area contributed by atoms with Gasteiger partial charge in [0.1, 0.15) is 0 Å². The molecule has 0 bridgehead atoms. The van der Waals surface area contributed by atoms with Crippen LogP contribution in [0.15, 0.2) is 59.5 Å². The van der Waals surface area contributed by atoms with E-state index in [9.17, 15) is 13.2 Å². The van der Waals surface area contributed by atoms with Gasteiger partial charge in [0.05, 0.1) is 10.6 Å². The molecule has 1 heterocycles. The number of piperidine rings is 1. The molecule has 4 rings (SSSR count). The summed E-state index contributed by atoms with van der Waals surface area (Å²) >= 11 is 0. The SMILES string of the molecule is CN(c1ccccc1)S(=O)(=O)c1ccc(C(=O)NC2CCN(CC3CCCC3)CC2)cc1. The lowest BCUT2D eigenvalue weighted by molar-refractivity contribution is 0.0905. The second-order valence-electron chi connectivity index (χ2n) is 9.03. The maximum atomic E-state index is 12.9. The summed E-state index contributed by atoms with van der Waals surface area (Å²) < 4.78 is 27.1. The number of hydrogen-bond donors (Lipinski definition) is 1. The monoisotopic (exact) mass is 455 g/mol. The molecule has 0 unspecified atom stereocenters. The van der Waals surface area contributed by atoms with Crippen molar-refractivity contribution in [1.29, 1.82) is 0 Å². The van der Waals surface area contributed by atoms with Crippen LogP contribution in [0.5, 0.6) is 0 Å². The van der Waals surface area contributed by atoms with Crippen LogP contribution >= 0.6 is 0 Å². The molecule has 32 heavy (non-hydrogen) atoms. The highest BCUT2D eigenvalue weighted by Crippen LogP contribution is 2.26. The zero-order valence-corrected chi connectivity index (χ0v) is 19.6. The van der Waals surface area contributed by atoms with Crippen molar-refractivity contribution >= 4 is 21.6 Å². The Morgan fingerprint density at radius 3 is 2.22 bits per heavy atom. The maximum absolute atomic E-state index is 12.9. The second-order valence-corrected chi connectivity index (χ2v) is 11.0. The molecular weight excluding hydrogens is 422 g/mol. The van der Waals surface area contributed by atoms with Gasteiger partial charge in [-0.05, 0) is 68.0 Å². The van der Waals surface area contributed by atoms with Gasteiger partial charge in [-0.2, -0.15) is 0 Å². The lowest BCUT2D eigenvalue weighted by atomic mass is 10.0. The molecule has 2 fully saturated rings. The molecule has 0 aromatic heterocycles. The smallest absolute Gasteiger partial charge is 0.264 e. The number of carbonyl (C=O) groups excluding carboxylic acids is 1. The largest absolute Gasteiger partial charge is 0.349 e. The minimum atomic E-state index is -3.68. The number of nitrogens with one attached hydrogen (secondary N) is 1. The van der Waals surface area contributed by atoms with Gasteiger partial charge >= 0.3 is 0 Å². The van der Waals surface area contributed by atoms with E-state index in [0.29, 0.717) is 11.3 Å². The lowest BCUT2D eigenvalue weighted by Crippen LogP contribution is -2.45. The van der Waals surface area contributed by atoms with Crippen molar-refractivity contribution in [3.8, 4) is 0 Å². The van der Waals surface area contributed by atoms with Gasteiger partial charge in [-0.15, -0.1) is 0 Å². The van der Waals surface area contributed by atoms with Crippen LogP contribution in [0.25, 0.3) is 0 Å². The van der Waals surface area contributed by atoms with Crippen molar-refractivity contribution in [1.82, 2.24) is 10.2 Å². The third-order valence-electron chi connectivity index (χ3n) is 6.81.